The second-order valence-corrected chi connectivity index (χ2v) is 5.71. The molecule has 0 aliphatic carbocycles. The summed E-state index contributed by atoms with van der Waals surface area (Å²) < 4.78 is 9.60. The SMILES string of the molecule is COC(=O)CCCCCCCCCC[C@@H]1OC(=O)[C@H]1CO. The number of aliphatic hydroxyl groups is 1. The van der Waals surface area contributed by atoms with Crippen LogP contribution in [0.25, 0.3) is 0 Å². The normalized spacial score (nSPS) is 20.8. The highest BCUT2D eigenvalue weighted by atomic mass is 16.6. The van der Waals surface area contributed by atoms with Crippen LogP contribution in [0.15, 0.2) is 0 Å². The van der Waals surface area contributed by atoms with E-state index in [1.807, 2.05) is 0 Å². The molecule has 0 aromatic rings. The number of hydrogen-bond donors (Lipinski definition) is 1. The largest absolute Gasteiger partial charge is 0.469 e. The summed E-state index contributed by atoms with van der Waals surface area (Å²) in [5.74, 6) is -0.651. The minimum Gasteiger partial charge on any atom is -0.469 e. The molecule has 5 heteroatoms. The zero-order valence-corrected chi connectivity index (χ0v) is 13.0. The second-order valence-electron chi connectivity index (χ2n) is 5.71. The van der Waals surface area contributed by atoms with E-state index in [2.05, 4.69) is 4.74 Å². The fourth-order valence-electron chi connectivity index (χ4n) is 2.63. The Hall–Kier alpha value is -1.10. The second kappa shape index (κ2) is 10.6. The minimum absolute atomic E-state index is 0.0548. The molecule has 1 heterocycles. The molecule has 0 bridgehead atoms. The number of carbonyl (C=O) groups is 2. The van der Waals surface area contributed by atoms with Crippen molar-refractivity contribution in [3.05, 3.63) is 0 Å². The number of esters is 2. The Kier molecular flexibility index (Phi) is 9.06. The van der Waals surface area contributed by atoms with Crippen molar-refractivity contribution in [2.45, 2.75) is 70.3 Å². The predicted octanol–water partition coefficient (Wildman–Crippen LogP) is 2.59. The van der Waals surface area contributed by atoms with Gasteiger partial charge in [0.05, 0.1) is 13.7 Å². The van der Waals surface area contributed by atoms with Crippen molar-refractivity contribution in [1.82, 2.24) is 0 Å². The van der Waals surface area contributed by atoms with E-state index < -0.39 is 0 Å². The molecule has 1 aliphatic rings. The summed E-state index contributed by atoms with van der Waals surface area (Å²) >= 11 is 0. The summed E-state index contributed by atoms with van der Waals surface area (Å²) in [6.45, 7) is -0.0882. The van der Waals surface area contributed by atoms with E-state index in [0.29, 0.717) is 6.42 Å². The highest BCUT2D eigenvalue weighted by Gasteiger charge is 2.40. The van der Waals surface area contributed by atoms with Crippen LogP contribution in [0.1, 0.15) is 64.2 Å². The van der Waals surface area contributed by atoms with Crippen LogP contribution in [0.4, 0.5) is 0 Å². The Morgan fingerprint density at radius 1 is 1.10 bits per heavy atom. The maximum atomic E-state index is 11.0. The third-order valence-corrected chi connectivity index (χ3v) is 4.06. The van der Waals surface area contributed by atoms with Gasteiger partial charge in [-0.3, -0.25) is 9.59 Å². The third kappa shape index (κ3) is 6.93. The number of methoxy groups -OCH3 is 1. The van der Waals surface area contributed by atoms with Crippen LogP contribution in [0.5, 0.6) is 0 Å². The van der Waals surface area contributed by atoms with Gasteiger partial charge in [-0.25, -0.2) is 0 Å². The van der Waals surface area contributed by atoms with Gasteiger partial charge in [-0.1, -0.05) is 38.5 Å². The van der Waals surface area contributed by atoms with Gasteiger partial charge in [0, 0.05) is 6.42 Å². The van der Waals surface area contributed by atoms with E-state index in [9.17, 15) is 9.59 Å². The maximum absolute atomic E-state index is 11.0. The first-order valence-electron chi connectivity index (χ1n) is 8.07. The fourth-order valence-corrected chi connectivity index (χ4v) is 2.63. The van der Waals surface area contributed by atoms with Gasteiger partial charge in [-0.05, 0) is 19.3 Å². The molecule has 1 aliphatic heterocycles. The van der Waals surface area contributed by atoms with Crippen molar-refractivity contribution in [3.63, 3.8) is 0 Å². The van der Waals surface area contributed by atoms with E-state index in [1.54, 1.807) is 0 Å². The van der Waals surface area contributed by atoms with Gasteiger partial charge >= 0.3 is 11.9 Å². The Morgan fingerprint density at radius 3 is 2.19 bits per heavy atom. The molecule has 1 N–H and O–H groups in total. The number of carbonyl (C=O) groups excluding carboxylic acids is 2. The number of unbranched alkanes of at least 4 members (excludes halogenated alkanes) is 7. The highest BCUT2D eigenvalue weighted by Crippen LogP contribution is 2.26. The van der Waals surface area contributed by atoms with Gasteiger partial charge in [-0.15, -0.1) is 0 Å². The summed E-state index contributed by atoms with van der Waals surface area (Å²) in [5.41, 5.74) is 0. The maximum Gasteiger partial charge on any atom is 0.315 e. The van der Waals surface area contributed by atoms with E-state index >= 15 is 0 Å². The van der Waals surface area contributed by atoms with Crippen LogP contribution >= 0.6 is 0 Å². The predicted molar refractivity (Wildman–Crippen MR) is 78.6 cm³/mol. The van der Waals surface area contributed by atoms with Crippen molar-refractivity contribution in [2.75, 3.05) is 13.7 Å². The molecule has 0 aromatic heterocycles. The molecule has 0 amide bonds. The molecule has 21 heavy (non-hydrogen) atoms. The van der Waals surface area contributed by atoms with Crippen LogP contribution in [0, 0.1) is 5.92 Å². The first-order chi connectivity index (χ1) is 10.2. The molecule has 0 radical (unpaired) electrons. The third-order valence-electron chi connectivity index (χ3n) is 4.06. The van der Waals surface area contributed by atoms with E-state index in [4.69, 9.17) is 9.84 Å². The number of hydrogen-bond acceptors (Lipinski definition) is 5. The lowest BCUT2D eigenvalue weighted by atomic mass is 9.93. The average Bonchev–Trinajstić information content (AvgIpc) is 2.47. The van der Waals surface area contributed by atoms with Gasteiger partial charge in [0.1, 0.15) is 12.0 Å². The lowest BCUT2D eigenvalue weighted by Crippen LogP contribution is -2.47. The number of cyclic esters (lactones) is 1. The number of ether oxygens (including phenoxy) is 2. The lowest BCUT2D eigenvalue weighted by Gasteiger charge is -2.33. The van der Waals surface area contributed by atoms with Gasteiger partial charge in [0.25, 0.3) is 0 Å². The zero-order chi connectivity index (χ0) is 15.5. The molecular weight excluding hydrogens is 272 g/mol. The van der Waals surface area contributed by atoms with Crippen LogP contribution < -0.4 is 0 Å². The van der Waals surface area contributed by atoms with Crippen LogP contribution in [0.3, 0.4) is 0 Å². The van der Waals surface area contributed by atoms with Gasteiger partial charge in [0.2, 0.25) is 0 Å². The van der Waals surface area contributed by atoms with Crippen molar-refractivity contribution in [3.8, 4) is 0 Å². The van der Waals surface area contributed by atoms with Crippen molar-refractivity contribution in [1.29, 1.82) is 0 Å². The Balaban J connectivity index is 1.81. The summed E-state index contributed by atoms with van der Waals surface area (Å²) in [5, 5.41) is 8.99. The number of rotatable bonds is 12. The summed E-state index contributed by atoms with van der Waals surface area (Å²) in [6, 6.07) is 0. The van der Waals surface area contributed by atoms with Crippen molar-refractivity contribution < 1.29 is 24.2 Å². The lowest BCUT2D eigenvalue weighted by molar-refractivity contribution is -0.189. The smallest absolute Gasteiger partial charge is 0.315 e. The molecule has 2 atom stereocenters. The van der Waals surface area contributed by atoms with E-state index in [-0.39, 0.29) is 30.6 Å². The minimum atomic E-state index is -0.278. The van der Waals surface area contributed by atoms with Crippen LogP contribution in [-0.2, 0) is 19.1 Å². The molecule has 0 aromatic carbocycles. The van der Waals surface area contributed by atoms with Crippen LogP contribution in [0.2, 0.25) is 0 Å². The van der Waals surface area contributed by atoms with E-state index in [1.165, 1.54) is 32.8 Å². The topological polar surface area (TPSA) is 72.8 Å². The summed E-state index contributed by atoms with van der Waals surface area (Å²) in [4.78, 5) is 21.9. The summed E-state index contributed by atoms with van der Waals surface area (Å²) in [7, 11) is 1.43. The Bertz CT molecular complexity index is 316. The molecule has 122 valence electrons. The van der Waals surface area contributed by atoms with Gasteiger partial charge in [0.15, 0.2) is 0 Å². The quantitative estimate of drug-likeness (QED) is 0.443. The van der Waals surface area contributed by atoms with Crippen molar-refractivity contribution >= 4 is 11.9 Å². The number of aliphatic hydroxyl groups excluding tert-OH is 1. The van der Waals surface area contributed by atoms with Gasteiger partial charge < -0.3 is 14.6 Å². The van der Waals surface area contributed by atoms with Gasteiger partial charge in [-0.2, -0.15) is 0 Å². The Labute approximate surface area is 127 Å². The zero-order valence-electron chi connectivity index (χ0n) is 13.0. The molecule has 1 saturated heterocycles. The van der Waals surface area contributed by atoms with Crippen molar-refractivity contribution in [2.24, 2.45) is 5.92 Å². The molecule has 5 nitrogen and oxygen atoms in total. The monoisotopic (exact) mass is 300 g/mol. The molecule has 1 rings (SSSR count). The van der Waals surface area contributed by atoms with E-state index in [0.717, 1.165) is 32.1 Å². The molecule has 0 unspecified atom stereocenters. The molecule has 0 spiro atoms. The highest BCUT2D eigenvalue weighted by molar-refractivity contribution is 5.78. The first-order valence-corrected chi connectivity index (χ1v) is 8.07. The Morgan fingerprint density at radius 2 is 1.67 bits per heavy atom. The fraction of sp³-hybridized carbons (Fsp3) is 0.875. The standard InChI is InChI=1S/C16H28O5/c1-20-15(18)11-9-7-5-3-2-4-6-8-10-14-13(12-17)16(19)21-14/h13-14,17H,2-12H2,1H3/t13-,14-/m0/s1. The summed E-state index contributed by atoms with van der Waals surface area (Å²) in [6.07, 6.45) is 10.3. The molecule has 1 fully saturated rings. The van der Waals surface area contributed by atoms with Crippen LogP contribution in [-0.4, -0.2) is 36.9 Å². The molecule has 0 saturated carbocycles. The molecular formula is C16H28O5. The first kappa shape index (κ1) is 18.0. The average molecular weight is 300 g/mol.